The summed E-state index contributed by atoms with van der Waals surface area (Å²) in [6, 6.07) is 52.9. The molecule has 1 aliphatic heterocycles. The van der Waals surface area contributed by atoms with Gasteiger partial charge in [0.05, 0.1) is 22.4 Å². The Labute approximate surface area is 311 Å². The molecule has 6 heteroatoms. The SMILES string of the molecule is O=C1c2cccc(-n3c4cc(-c5ccncc5)ccc4c4ccc(-c5ccncc5)cc43)c2C(O)N1c1c(-c2ccccc2)cccc1-c1ccccc1. The summed E-state index contributed by atoms with van der Waals surface area (Å²) in [7, 11) is 0. The Hall–Kier alpha value is -7.15. The number of carbonyl (C=O) groups is 1. The number of benzene rings is 6. The maximum Gasteiger partial charge on any atom is 0.261 e. The van der Waals surface area contributed by atoms with Crippen molar-refractivity contribution in [1.29, 1.82) is 0 Å². The summed E-state index contributed by atoms with van der Waals surface area (Å²) in [6.45, 7) is 0. The molecule has 1 aliphatic rings. The summed E-state index contributed by atoms with van der Waals surface area (Å²) < 4.78 is 2.21. The standard InChI is InChI=1S/C48H32N4O2/c53-47-41-15-8-16-42(45(41)48(54)52(47)46-37(33-9-3-1-4-10-33)13-7-14-38(46)34-11-5-2-6-12-34)51-43-29-35(31-21-25-49-26-22-31)17-19-39(43)40-20-18-36(30-44(40)51)32-23-27-50-28-24-32/h1-30,48,54H. The number of nitrogens with zero attached hydrogens (tertiary/aromatic N) is 4. The number of rotatable bonds is 6. The smallest absolute Gasteiger partial charge is 0.261 e. The largest absolute Gasteiger partial charge is 0.369 e. The fraction of sp³-hybridized carbons (Fsp3) is 0.0208. The first kappa shape index (κ1) is 31.6. The van der Waals surface area contributed by atoms with Crippen LogP contribution in [0.3, 0.4) is 0 Å². The molecule has 0 bridgehead atoms. The molecule has 0 fully saturated rings. The van der Waals surface area contributed by atoms with Crippen LogP contribution in [0, 0.1) is 0 Å². The van der Waals surface area contributed by atoms with E-state index in [1.165, 1.54) is 0 Å². The monoisotopic (exact) mass is 696 g/mol. The number of aromatic nitrogens is 3. The second-order valence-corrected chi connectivity index (χ2v) is 13.5. The Morgan fingerprint density at radius 1 is 0.463 bits per heavy atom. The van der Waals surface area contributed by atoms with Gasteiger partial charge in [-0.3, -0.25) is 19.7 Å². The zero-order valence-electron chi connectivity index (χ0n) is 29.0. The Bertz CT molecular complexity index is 2700. The molecule has 1 unspecified atom stereocenters. The third kappa shape index (κ3) is 5.04. The molecule has 6 nitrogen and oxygen atoms in total. The number of aliphatic hydroxyl groups excluding tert-OH is 1. The van der Waals surface area contributed by atoms with Crippen molar-refractivity contribution in [3.8, 4) is 50.2 Å². The van der Waals surface area contributed by atoms with Crippen LogP contribution in [0.4, 0.5) is 5.69 Å². The fourth-order valence-corrected chi connectivity index (χ4v) is 8.03. The minimum Gasteiger partial charge on any atom is -0.369 e. The van der Waals surface area contributed by atoms with Gasteiger partial charge in [-0.2, -0.15) is 0 Å². The second kappa shape index (κ2) is 12.8. The predicted octanol–water partition coefficient (Wildman–Crippen LogP) is 10.9. The van der Waals surface area contributed by atoms with Gasteiger partial charge < -0.3 is 9.67 Å². The van der Waals surface area contributed by atoms with Gasteiger partial charge in [-0.15, -0.1) is 0 Å². The number of pyridine rings is 2. The van der Waals surface area contributed by atoms with E-state index in [1.807, 2.05) is 121 Å². The van der Waals surface area contributed by atoms with Crippen molar-refractivity contribution in [2.45, 2.75) is 6.23 Å². The molecule has 256 valence electrons. The van der Waals surface area contributed by atoms with Crippen LogP contribution in [0.15, 0.2) is 183 Å². The number of hydrogen-bond acceptors (Lipinski definition) is 4. The number of carbonyl (C=O) groups excluding carboxylic acids is 1. The summed E-state index contributed by atoms with van der Waals surface area (Å²) >= 11 is 0. The van der Waals surface area contributed by atoms with Gasteiger partial charge in [-0.25, -0.2) is 0 Å². The van der Waals surface area contributed by atoms with E-state index in [1.54, 1.807) is 29.7 Å². The van der Waals surface area contributed by atoms with E-state index in [0.717, 1.165) is 72.0 Å². The Morgan fingerprint density at radius 3 is 1.46 bits per heavy atom. The first-order valence-corrected chi connectivity index (χ1v) is 17.9. The molecule has 0 saturated carbocycles. The first-order valence-electron chi connectivity index (χ1n) is 17.9. The minimum atomic E-state index is -1.27. The van der Waals surface area contributed by atoms with E-state index < -0.39 is 6.23 Å². The number of hydrogen-bond donors (Lipinski definition) is 1. The summed E-state index contributed by atoms with van der Waals surface area (Å²) in [5, 5.41) is 14.8. The van der Waals surface area contributed by atoms with Crippen LogP contribution >= 0.6 is 0 Å². The third-order valence-electron chi connectivity index (χ3n) is 10.5. The van der Waals surface area contributed by atoms with Gasteiger partial charge in [-0.1, -0.05) is 109 Å². The normalized spacial score (nSPS) is 13.8. The maximum absolute atomic E-state index is 14.8. The number of amides is 1. The molecular formula is C48H32N4O2. The summed E-state index contributed by atoms with van der Waals surface area (Å²) in [5.74, 6) is -0.254. The average molecular weight is 697 g/mol. The summed E-state index contributed by atoms with van der Waals surface area (Å²) in [4.78, 5) is 24.9. The molecule has 10 rings (SSSR count). The van der Waals surface area contributed by atoms with Crippen LogP contribution < -0.4 is 4.90 Å². The molecule has 0 aliphatic carbocycles. The number of aliphatic hydroxyl groups is 1. The van der Waals surface area contributed by atoms with Crippen LogP contribution in [0.1, 0.15) is 22.1 Å². The molecule has 54 heavy (non-hydrogen) atoms. The van der Waals surface area contributed by atoms with Crippen molar-refractivity contribution in [3.05, 3.63) is 194 Å². The predicted molar refractivity (Wildman–Crippen MR) is 216 cm³/mol. The van der Waals surface area contributed by atoms with E-state index in [-0.39, 0.29) is 5.91 Å². The highest BCUT2D eigenvalue weighted by atomic mass is 16.3. The highest BCUT2D eigenvalue weighted by molar-refractivity contribution is 6.16. The highest BCUT2D eigenvalue weighted by Gasteiger charge is 2.41. The molecule has 1 N–H and O–H groups in total. The van der Waals surface area contributed by atoms with Gasteiger partial charge in [0.25, 0.3) is 5.91 Å². The van der Waals surface area contributed by atoms with Gasteiger partial charge in [0.1, 0.15) is 0 Å². The van der Waals surface area contributed by atoms with E-state index in [4.69, 9.17) is 0 Å². The zero-order valence-corrected chi connectivity index (χ0v) is 29.0. The van der Waals surface area contributed by atoms with Gasteiger partial charge in [0, 0.05) is 57.8 Å². The second-order valence-electron chi connectivity index (χ2n) is 13.5. The van der Waals surface area contributed by atoms with Crippen LogP contribution in [0.2, 0.25) is 0 Å². The fourth-order valence-electron chi connectivity index (χ4n) is 8.03. The number of anilines is 1. The van der Waals surface area contributed by atoms with Crippen LogP contribution in [-0.4, -0.2) is 25.5 Å². The van der Waals surface area contributed by atoms with E-state index >= 15 is 0 Å². The molecule has 9 aromatic rings. The Balaban J connectivity index is 1.23. The van der Waals surface area contributed by atoms with Crippen molar-refractivity contribution >= 4 is 33.4 Å². The molecular weight excluding hydrogens is 665 g/mol. The number of fused-ring (bicyclic) bond motifs is 4. The van der Waals surface area contributed by atoms with E-state index in [2.05, 4.69) is 50.9 Å². The molecule has 3 aromatic heterocycles. The lowest BCUT2D eigenvalue weighted by atomic mass is 9.95. The molecule has 1 atom stereocenters. The first-order chi connectivity index (χ1) is 26.7. The molecule has 6 aromatic carbocycles. The summed E-state index contributed by atoms with van der Waals surface area (Å²) in [6.07, 6.45) is 5.93. The van der Waals surface area contributed by atoms with Crippen molar-refractivity contribution in [3.63, 3.8) is 0 Å². The van der Waals surface area contributed by atoms with Crippen LogP contribution in [-0.2, 0) is 0 Å². The lowest BCUT2D eigenvalue weighted by Gasteiger charge is -2.27. The van der Waals surface area contributed by atoms with Gasteiger partial charge in [0.2, 0.25) is 0 Å². The third-order valence-corrected chi connectivity index (χ3v) is 10.5. The molecule has 1 amide bonds. The highest BCUT2D eigenvalue weighted by Crippen LogP contribution is 2.48. The van der Waals surface area contributed by atoms with E-state index in [9.17, 15) is 9.90 Å². The van der Waals surface area contributed by atoms with Gasteiger partial charge in [-0.05, 0) is 81.9 Å². The lowest BCUT2D eigenvalue weighted by molar-refractivity contribution is 0.0935. The lowest BCUT2D eigenvalue weighted by Crippen LogP contribution is -2.29. The van der Waals surface area contributed by atoms with E-state index in [0.29, 0.717) is 16.8 Å². The molecule has 0 saturated heterocycles. The van der Waals surface area contributed by atoms with Gasteiger partial charge in [0.15, 0.2) is 6.23 Å². The molecule has 0 radical (unpaired) electrons. The average Bonchev–Trinajstić information content (AvgIpc) is 3.70. The molecule has 4 heterocycles. The minimum absolute atomic E-state index is 0.254. The Kier molecular flexibility index (Phi) is 7.49. The maximum atomic E-state index is 14.8. The molecule has 0 spiro atoms. The van der Waals surface area contributed by atoms with Crippen molar-refractivity contribution < 1.29 is 9.90 Å². The Morgan fingerprint density at radius 2 is 0.944 bits per heavy atom. The van der Waals surface area contributed by atoms with Crippen molar-refractivity contribution in [1.82, 2.24) is 14.5 Å². The summed E-state index contributed by atoms with van der Waals surface area (Å²) in [5.41, 5.74) is 12.2. The van der Waals surface area contributed by atoms with Crippen molar-refractivity contribution in [2.75, 3.05) is 4.90 Å². The quantitative estimate of drug-likeness (QED) is 0.188. The van der Waals surface area contributed by atoms with Crippen LogP contribution in [0.5, 0.6) is 0 Å². The number of para-hydroxylation sites is 1. The topological polar surface area (TPSA) is 71.2 Å². The van der Waals surface area contributed by atoms with Crippen LogP contribution in [0.25, 0.3) is 72.0 Å². The zero-order chi connectivity index (χ0) is 36.2. The van der Waals surface area contributed by atoms with Gasteiger partial charge >= 0.3 is 0 Å². The van der Waals surface area contributed by atoms with Crippen molar-refractivity contribution in [2.24, 2.45) is 0 Å².